The van der Waals surface area contributed by atoms with Gasteiger partial charge in [0, 0.05) is 10.8 Å². The Bertz CT molecular complexity index is 492. The van der Waals surface area contributed by atoms with Crippen LogP contribution in [0.2, 0.25) is 0 Å². The van der Waals surface area contributed by atoms with Crippen LogP contribution >= 0.6 is 22.7 Å². The van der Waals surface area contributed by atoms with E-state index in [9.17, 15) is 0 Å². The van der Waals surface area contributed by atoms with Crippen LogP contribution in [0.3, 0.4) is 0 Å². The third-order valence-corrected chi connectivity index (χ3v) is 3.69. The Labute approximate surface area is 94.3 Å². The summed E-state index contributed by atoms with van der Waals surface area (Å²) < 4.78 is 11.0. The van der Waals surface area contributed by atoms with E-state index in [0.717, 1.165) is 22.1 Å². The average molecular weight is 240 g/mol. The van der Waals surface area contributed by atoms with Crippen LogP contribution in [-0.4, -0.2) is 18.2 Å². The second kappa shape index (κ2) is 3.39. The minimum Gasteiger partial charge on any atom is -0.485 e. The summed E-state index contributed by atoms with van der Waals surface area (Å²) in [4.78, 5) is 5.23. The summed E-state index contributed by atoms with van der Waals surface area (Å²) in [6.45, 7) is 1.21. The van der Waals surface area contributed by atoms with Crippen molar-refractivity contribution in [3.8, 4) is 22.1 Å². The Hall–Kier alpha value is -1.27. The van der Waals surface area contributed by atoms with Crippen molar-refractivity contribution in [3.05, 3.63) is 10.8 Å². The smallest absolute Gasteiger partial charge is 0.181 e. The first-order valence-corrected chi connectivity index (χ1v) is 6.19. The summed E-state index contributed by atoms with van der Waals surface area (Å²) in [6.07, 6.45) is 0. The molecule has 0 unspecified atom stereocenters. The molecule has 0 atom stereocenters. The van der Waals surface area contributed by atoms with Gasteiger partial charge in [0.1, 0.15) is 13.2 Å². The maximum absolute atomic E-state index is 5.60. The predicted octanol–water partition coefficient (Wildman–Crippen LogP) is 2.22. The molecule has 15 heavy (non-hydrogen) atoms. The highest BCUT2D eigenvalue weighted by molar-refractivity contribution is 7.16. The lowest BCUT2D eigenvalue weighted by molar-refractivity contribution is 0.174. The van der Waals surface area contributed by atoms with Crippen LogP contribution in [0.1, 0.15) is 0 Å². The summed E-state index contributed by atoms with van der Waals surface area (Å²) in [5, 5.41) is 4.45. The SMILES string of the molecule is Nc1nc(-c2scc3c2OCCO3)cs1. The van der Waals surface area contributed by atoms with E-state index in [1.165, 1.54) is 11.3 Å². The molecule has 0 spiro atoms. The normalized spacial score (nSPS) is 14.1. The molecule has 3 rings (SSSR count). The third-order valence-electron chi connectivity index (χ3n) is 2.06. The number of aromatic nitrogens is 1. The number of hydrogen-bond donors (Lipinski definition) is 1. The van der Waals surface area contributed by atoms with E-state index in [1.807, 2.05) is 10.8 Å². The molecule has 0 bridgehead atoms. The van der Waals surface area contributed by atoms with Crippen molar-refractivity contribution in [2.75, 3.05) is 18.9 Å². The van der Waals surface area contributed by atoms with Crippen LogP contribution in [0, 0.1) is 0 Å². The Morgan fingerprint density at radius 2 is 2.07 bits per heavy atom. The highest BCUT2D eigenvalue weighted by atomic mass is 32.1. The number of nitrogen functional groups attached to an aromatic ring is 1. The molecule has 0 aliphatic carbocycles. The first-order chi connectivity index (χ1) is 7.34. The second-order valence-corrected chi connectivity index (χ2v) is 4.80. The van der Waals surface area contributed by atoms with Crippen LogP contribution in [0.25, 0.3) is 10.6 Å². The standard InChI is InChI=1S/C9H8N2O2S2/c10-9-11-5(3-15-9)8-7-6(4-14-8)12-1-2-13-7/h3-4H,1-2H2,(H2,10,11). The molecular weight excluding hydrogens is 232 g/mol. The van der Waals surface area contributed by atoms with Gasteiger partial charge in [-0.15, -0.1) is 22.7 Å². The monoisotopic (exact) mass is 240 g/mol. The molecule has 1 aliphatic rings. The minimum atomic E-state index is 0.573. The molecule has 2 aromatic rings. The van der Waals surface area contributed by atoms with Gasteiger partial charge in [-0.25, -0.2) is 4.98 Å². The van der Waals surface area contributed by atoms with Gasteiger partial charge < -0.3 is 15.2 Å². The zero-order valence-corrected chi connectivity index (χ0v) is 9.36. The van der Waals surface area contributed by atoms with E-state index in [-0.39, 0.29) is 0 Å². The fourth-order valence-corrected chi connectivity index (χ4v) is 2.95. The van der Waals surface area contributed by atoms with Gasteiger partial charge in [0.15, 0.2) is 16.6 Å². The average Bonchev–Trinajstić information content (AvgIpc) is 2.83. The van der Waals surface area contributed by atoms with E-state index < -0.39 is 0 Å². The first kappa shape index (κ1) is 8.99. The lowest BCUT2D eigenvalue weighted by atomic mass is 10.3. The summed E-state index contributed by atoms with van der Waals surface area (Å²) in [6, 6.07) is 0. The fourth-order valence-electron chi connectivity index (χ4n) is 1.43. The van der Waals surface area contributed by atoms with Gasteiger partial charge in [-0.1, -0.05) is 0 Å². The number of thiazole rings is 1. The molecule has 0 amide bonds. The molecule has 0 radical (unpaired) electrons. The number of thiophene rings is 1. The van der Waals surface area contributed by atoms with Crippen LogP contribution in [-0.2, 0) is 0 Å². The molecule has 6 heteroatoms. The number of nitrogens with zero attached hydrogens (tertiary/aromatic N) is 1. The van der Waals surface area contributed by atoms with Crippen molar-refractivity contribution >= 4 is 27.8 Å². The Kier molecular flexibility index (Phi) is 2.03. The maximum atomic E-state index is 5.60. The van der Waals surface area contributed by atoms with E-state index in [1.54, 1.807) is 11.3 Å². The van der Waals surface area contributed by atoms with Crippen LogP contribution in [0.4, 0.5) is 5.13 Å². The van der Waals surface area contributed by atoms with E-state index in [2.05, 4.69) is 4.98 Å². The highest BCUT2D eigenvalue weighted by Gasteiger charge is 2.20. The molecule has 0 saturated heterocycles. The summed E-state index contributed by atoms with van der Waals surface area (Å²) in [5.74, 6) is 1.62. The van der Waals surface area contributed by atoms with E-state index in [4.69, 9.17) is 15.2 Å². The van der Waals surface area contributed by atoms with Gasteiger partial charge in [-0.05, 0) is 0 Å². The van der Waals surface area contributed by atoms with Gasteiger partial charge in [0.2, 0.25) is 0 Å². The van der Waals surface area contributed by atoms with Gasteiger partial charge in [0.25, 0.3) is 0 Å². The van der Waals surface area contributed by atoms with Crippen molar-refractivity contribution in [2.45, 2.75) is 0 Å². The predicted molar refractivity (Wildman–Crippen MR) is 60.8 cm³/mol. The van der Waals surface area contributed by atoms with E-state index >= 15 is 0 Å². The number of rotatable bonds is 1. The van der Waals surface area contributed by atoms with E-state index in [0.29, 0.717) is 18.3 Å². The maximum Gasteiger partial charge on any atom is 0.181 e. The quantitative estimate of drug-likeness (QED) is 0.830. The molecular formula is C9H8N2O2S2. The summed E-state index contributed by atoms with van der Waals surface area (Å²) in [5.41, 5.74) is 6.47. The largest absolute Gasteiger partial charge is 0.485 e. The molecule has 0 saturated carbocycles. The third kappa shape index (κ3) is 1.46. The van der Waals surface area contributed by atoms with Gasteiger partial charge >= 0.3 is 0 Å². The van der Waals surface area contributed by atoms with Crippen LogP contribution in [0.5, 0.6) is 11.5 Å². The van der Waals surface area contributed by atoms with Crippen LogP contribution < -0.4 is 15.2 Å². The van der Waals surface area contributed by atoms with Crippen molar-refractivity contribution in [1.82, 2.24) is 4.98 Å². The lowest BCUT2D eigenvalue weighted by Gasteiger charge is -2.15. The van der Waals surface area contributed by atoms with Gasteiger partial charge in [-0.3, -0.25) is 0 Å². The molecule has 3 heterocycles. The zero-order chi connectivity index (χ0) is 10.3. The zero-order valence-electron chi connectivity index (χ0n) is 7.73. The molecule has 78 valence electrons. The van der Waals surface area contributed by atoms with Crippen molar-refractivity contribution in [1.29, 1.82) is 0 Å². The topological polar surface area (TPSA) is 57.4 Å². The molecule has 1 aliphatic heterocycles. The number of anilines is 1. The Morgan fingerprint density at radius 3 is 2.87 bits per heavy atom. The molecule has 2 aromatic heterocycles. The Balaban J connectivity index is 2.08. The van der Waals surface area contributed by atoms with Crippen LogP contribution in [0.15, 0.2) is 10.8 Å². The number of nitrogens with two attached hydrogens (primary N) is 1. The molecule has 2 N–H and O–H groups in total. The lowest BCUT2D eigenvalue weighted by Crippen LogP contribution is -2.14. The second-order valence-electron chi connectivity index (χ2n) is 3.03. The highest BCUT2D eigenvalue weighted by Crippen LogP contribution is 2.45. The summed E-state index contributed by atoms with van der Waals surface area (Å²) in [7, 11) is 0. The van der Waals surface area contributed by atoms with Crippen molar-refractivity contribution in [2.24, 2.45) is 0 Å². The van der Waals surface area contributed by atoms with Crippen molar-refractivity contribution < 1.29 is 9.47 Å². The van der Waals surface area contributed by atoms with Crippen molar-refractivity contribution in [3.63, 3.8) is 0 Å². The molecule has 0 aromatic carbocycles. The van der Waals surface area contributed by atoms with Gasteiger partial charge in [-0.2, -0.15) is 0 Å². The number of fused-ring (bicyclic) bond motifs is 1. The fraction of sp³-hybridized carbons (Fsp3) is 0.222. The molecule has 4 nitrogen and oxygen atoms in total. The van der Waals surface area contributed by atoms with Gasteiger partial charge in [0.05, 0.1) is 10.6 Å². The number of hydrogen-bond acceptors (Lipinski definition) is 6. The number of ether oxygens (including phenoxy) is 2. The first-order valence-electron chi connectivity index (χ1n) is 4.43. The minimum absolute atomic E-state index is 0.573. The Morgan fingerprint density at radius 1 is 1.20 bits per heavy atom. The summed E-state index contributed by atoms with van der Waals surface area (Å²) >= 11 is 3.00. The molecule has 0 fully saturated rings.